The van der Waals surface area contributed by atoms with Crippen LogP contribution in [0.1, 0.15) is 20.7 Å². The van der Waals surface area contributed by atoms with Crippen molar-refractivity contribution in [2.75, 3.05) is 12.4 Å². The molecule has 3 rings (SSSR count). The molecule has 0 fully saturated rings. The van der Waals surface area contributed by atoms with Crippen LogP contribution in [0.25, 0.3) is 0 Å². The number of rotatable bonds is 5. The number of hydrogen-bond acceptors (Lipinski definition) is 6. The summed E-state index contributed by atoms with van der Waals surface area (Å²) in [5.41, 5.74) is 0.263. The molecule has 0 aliphatic rings. The van der Waals surface area contributed by atoms with Gasteiger partial charge in [0.25, 0.3) is 5.91 Å². The first-order valence-corrected chi connectivity index (χ1v) is 7.91. The van der Waals surface area contributed by atoms with E-state index in [0.717, 1.165) is 24.5 Å². The fourth-order valence-corrected chi connectivity index (χ4v) is 2.18. The number of methoxy groups -OCH3 is 1. The van der Waals surface area contributed by atoms with Gasteiger partial charge in [0, 0.05) is 18.5 Å². The summed E-state index contributed by atoms with van der Waals surface area (Å²) < 4.78 is 36.2. The number of amides is 1. The molecule has 1 aromatic carbocycles. The van der Waals surface area contributed by atoms with Crippen molar-refractivity contribution in [3.63, 3.8) is 0 Å². The highest BCUT2D eigenvalue weighted by atomic mass is 19.1. The third-order valence-electron chi connectivity index (χ3n) is 3.59. The van der Waals surface area contributed by atoms with E-state index >= 15 is 0 Å². The molecule has 0 aliphatic carbocycles. The third-order valence-corrected chi connectivity index (χ3v) is 3.59. The minimum Gasteiger partial charge on any atom is -0.497 e. The number of anilines is 1. The molecule has 0 unspecified atom stereocenters. The Morgan fingerprint density at radius 1 is 0.929 bits per heavy atom. The van der Waals surface area contributed by atoms with Gasteiger partial charge in [0.05, 0.1) is 23.9 Å². The van der Waals surface area contributed by atoms with Crippen molar-refractivity contribution >= 4 is 17.6 Å². The smallest absolute Gasteiger partial charge is 0.345 e. The highest BCUT2D eigenvalue weighted by molar-refractivity contribution is 6.05. The first kappa shape index (κ1) is 18.9. The van der Waals surface area contributed by atoms with Crippen LogP contribution < -0.4 is 14.8 Å². The fourth-order valence-electron chi connectivity index (χ4n) is 2.18. The maximum atomic E-state index is 12.9. The number of hydrogen-bond donors (Lipinski definition) is 1. The topological polar surface area (TPSA) is 90.4 Å². The van der Waals surface area contributed by atoms with Crippen molar-refractivity contribution in [1.29, 1.82) is 0 Å². The molecule has 3 aromatic rings. The minimum absolute atomic E-state index is 0.0252. The summed E-state index contributed by atoms with van der Waals surface area (Å²) in [6.45, 7) is 0. The predicted octanol–water partition coefficient (Wildman–Crippen LogP) is 3.23. The number of nitrogens with zero attached hydrogens (tertiary/aromatic N) is 2. The van der Waals surface area contributed by atoms with Gasteiger partial charge in [-0.3, -0.25) is 4.79 Å². The number of nitrogens with one attached hydrogen (secondary N) is 1. The van der Waals surface area contributed by atoms with Crippen LogP contribution >= 0.6 is 0 Å². The maximum absolute atomic E-state index is 12.9. The Balaban J connectivity index is 1.85. The van der Waals surface area contributed by atoms with Gasteiger partial charge in [-0.25, -0.2) is 14.8 Å². The van der Waals surface area contributed by atoms with Crippen molar-refractivity contribution in [3.8, 4) is 11.5 Å². The van der Waals surface area contributed by atoms with Gasteiger partial charge in [0.2, 0.25) is 11.9 Å². The Morgan fingerprint density at radius 2 is 1.57 bits per heavy atom. The molecule has 0 spiro atoms. The monoisotopic (exact) mass is 385 g/mol. The first-order valence-electron chi connectivity index (χ1n) is 7.91. The standard InChI is InChI=1S/C19H13F2N3O4/c1-27-13-4-5-15(28-19(26)12-3-7-17(21)23-10-12)14(8-13)24-18(25)11-2-6-16(20)22-9-11/h2-10H,1H3,(H,24,25). The molecule has 0 atom stereocenters. The fraction of sp³-hybridized carbons (Fsp3) is 0.0526. The van der Waals surface area contributed by atoms with Crippen LogP contribution in [0.2, 0.25) is 0 Å². The summed E-state index contributed by atoms with van der Waals surface area (Å²) in [7, 11) is 1.43. The van der Waals surface area contributed by atoms with Crippen molar-refractivity contribution in [1.82, 2.24) is 9.97 Å². The average Bonchev–Trinajstić information content (AvgIpc) is 2.70. The second kappa shape index (κ2) is 8.21. The second-order valence-electron chi connectivity index (χ2n) is 5.44. The summed E-state index contributed by atoms with van der Waals surface area (Å²) in [6, 6.07) is 8.94. The quantitative estimate of drug-likeness (QED) is 0.412. The van der Waals surface area contributed by atoms with Gasteiger partial charge in [0.15, 0.2) is 5.75 Å². The third kappa shape index (κ3) is 4.44. The van der Waals surface area contributed by atoms with Gasteiger partial charge in [-0.2, -0.15) is 8.78 Å². The van der Waals surface area contributed by atoms with Crippen LogP contribution in [0.3, 0.4) is 0 Å². The van der Waals surface area contributed by atoms with E-state index in [4.69, 9.17) is 9.47 Å². The zero-order chi connectivity index (χ0) is 20.1. The van der Waals surface area contributed by atoms with E-state index in [-0.39, 0.29) is 22.6 Å². The number of pyridine rings is 2. The highest BCUT2D eigenvalue weighted by Crippen LogP contribution is 2.30. The van der Waals surface area contributed by atoms with Crippen LogP contribution in [0.5, 0.6) is 11.5 Å². The van der Waals surface area contributed by atoms with E-state index in [1.54, 1.807) is 0 Å². The number of benzene rings is 1. The lowest BCUT2D eigenvalue weighted by Crippen LogP contribution is -2.15. The predicted molar refractivity (Wildman–Crippen MR) is 94.3 cm³/mol. The van der Waals surface area contributed by atoms with Crippen LogP contribution in [0.15, 0.2) is 54.9 Å². The zero-order valence-corrected chi connectivity index (χ0v) is 14.5. The molecule has 2 aromatic heterocycles. The van der Waals surface area contributed by atoms with Crippen molar-refractivity contribution in [2.24, 2.45) is 0 Å². The normalized spacial score (nSPS) is 10.2. The summed E-state index contributed by atoms with van der Waals surface area (Å²) >= 11 is 0. The Kier molecular flexibility index (Phi) is 5.54. The summed E-state index contributed by atoms with van der Waals surface area (Å²) in [5, 5.41) is 2.55. The van der Waals surface area contributed by atoms with Crippen LogP contribution in [-0.4, -0.2) is 29.0 Å². The van der Waals surface area contributed by atoms with Crippen LogP contribution in [0, 0.1) is 11.9 Å². The lowest BCUT2D eigenvalue weighted by molar-refractivity contribution is 0.0734. The summed E-state index contributed by atoms with van der Waals surface area (Å²) in [6.07, 6.45) is 2.10. The Morgan fingerprint density at radius 3 is 2.14 bits per heavy atom. The number of esters is 1. The molecule has 28 heavy (non-hydrogen) atoms. The van der Waals surface area contributed by atoms with Crippen LogP contribution in [-0.2, 0) is 0 Å². The van der Waals surface area contributed by atoms with Gasteiger partial charge in [-0.1, -0.05) is 0 Å². The maximum Gasteiger partial charge on any atom is 0.345 e. The molecular formula is C19H13F2N3O4. The van der Waals surface area contributed by atoms with Gasteiger partial charge in [0.1, 0.15) is 5.75 Å². The Hall–Kier alpha value is -3.88. The molecule has 7 nitrogen and oxygen atoms in total. The van der Waals surface area contributed by atoms with Gasteiger partial charge in [-0.15, -0.1) is 0 Å². The molecule has 1 N–H and O–H groups in total. The SMILES string of the molecule is COc1ccc(OC(=O)c2ccc(F)nc2)c(NC(=O)c2ccc(F)nc2)c1. The molecule has 0 radical (unpaired) electrons. The number of carbonyl (C=O) groups excluding carboxylic acids is 2. The van der Waals surface area contributed by atoms with E-state index in [2.05, 4.69) is 15.3 Å². The largest absolute Gasteiger partial charge is 0.497 e. The lowest BCUT2D eigenvalue weighted by Gasteiger charge is -2.13. The molecule has 1 amide bonds. The van der Waals surface area contributed by atoms with Crippen LogP contribution in [0.4, 0.5) is 14.5 Å². The molecular weight excluding hydrogens is 372 g/mol. The van der Waals surface area contributed by atoms with E-state index in [0.29, 0.717) is 5.75 Å². The Labute approximate surface area is 158 Å². The molecule has 142 valence electrons. The van der Waals surface area contributed by atoms with E-state index in [1.807, 2.05) is 0 Å². The number of aromatic nitrogens is 2. The average molecular weight is 385 g/mol. The minimum atomic E-state index is -0.795. The van der Waals surface area contributed by atoms with Gasteiger partial charge >= 0.3 is 5.97 Å². The highest BCUT2D eigenvalue weighted by Gasteiger charge is 2.16. The molecule has 0 saturated carbocycles. The van der Waals surface area contributed by atoms with E-state index < -0.39 is 23.8 Å². The second-order valence-corrected chi connectivity index (χ2v) is 5.44. The zero-order valence-electron chi connectivity index (χ0n) is 14.5. The summed E-state index contributed by atoms with van der Waals surface area (Å²) in [5.74, 6) is -2.42. The van der Waals surface area contributed by atoms with Crippen molar-refractivity contribution in [2.45, 2.75) is 0 Å². The lowest BCUT2D eigenvalue weighted by atomic mass is 10.2. The molecule has 0 bridgehead atoms. The molecule has 9 heteroatoms. The van der Waals surface area contributed by atoms with Gasteiger partial charge < -0.3 is 14.8 Å². The first-order chi connectivity index (χ1) is 13.5. The molecule has 2 heterocycles. The van der Waals surface area contributed by atoms with E-state index in [9.17, 15) is 18.4 Å². The Bertz CT molecular complexity index is 1010. The molecule has 0 aliphatic heterocycles. The van der Waals surface area contributed by atoms with Gasteiger partial charge in [-0.05, 0) is 36.4 Å². The van der Waals surface area contributed by atoms with Crippen molar-refractivity contribution < 1.29 is 27.8 Å². The van der Waals surface area contributed by atoms with E-state index in [1.165, 1.54) is 37.4 Å². The number of halogens is 2. The number of carbonyl (C=O) groups is 2. The molecule has 0 saturated heterocycles. The number of ether oxygens (including phenoxy) is 2. The summed E-state index contributed by atoms with van der Waals surface area (Å²) in [4.78, 5) is 31.4. The van der Waals surface area contributed by atoms with Crippen molar-refractivity contribution in [3.05, 3.63) is 77.9 Å².